The SMILES string of the molecule is CCCCCc1cc(-c2ccccc2)cc(CCCCC)n1. The van der Waals surface area contributed by atoms with E-state index in [9.17, 15) is 0 Å². The van der Waals surface area contributed by atoms with E-state index in [1.807, 2.05) is 0 Å². The van der Waals surface area contributed by atoms with Gasteiger partial charge in [0, 0.05) is 11.4 Å². The van der Waals surface area contributed by atoms with Gasteiger partial charge < -0.3 is 0 Å². The van der Waals surface area contributed by atoms with Gasteiger partial charge in [-0.25, -0.2) is 0 Å². The number of hydrogen-bond donors (Lipinski definition) is 0. The zero-order valence-electron chi connectivity index (χ0n) is 14.1. The lowest BCUT2D eigenvalue weighted by atomic mass is 10.0. The van der Waals surface area contributed by atoms with Crippen molar-refractivity contribution in [1.82, 2.24) is 4.98 Å². The first-order chi connectivity index (χ1) is 10.8. The summed E-state index contributed by atoms with van der Waals surface area (Å²) in [5.74, 6) is 0. The topological polar surface area (TPSA) is 12.9 Å². The minimum atomic E-state index is 1.11. The Labute approximate surface area is 135 Å². The summed E-state index contributed by atoms with van der Waals surface area (Å²) in [5.41, 5.74) is 5.16. The maximum Gasteiger partial charge on any atom is 0.0413 e. The Balaban J connectivity index is 2.19. The maximum atomic E-state index is 4.90. The third-order valence-electron chi connectivity index (χ3n) is 4.11. The second-order valence-corrected chi connectivity index (χ2v) is 6.12. The minimum absolute atomic E-state index is 1.11. The molecule has 1 aromatic heterocycles. The quantitative estimate of drug-likeness (QED) is 0.501. The van der Waals surface area contributed by atoms with Crippen molar-refractivity contribution in [3.8, 4) is 11.1 Å². The van der Waals surface area contributed by atoms with E-state index in [1.165, 1.54) is 61.0 Å². The van der Waals surface area contributed by atoms with Gasteiger partial charge in [0.1, 0.15) is 0 Å². The Morgan fingerprint density at radius 2 is 1.23 bits per heavy atom. The fourth-order valence-electron chi connectivity index (χ4n) is 2.82. The van der Waals surface area contributed by atoms with Crippen molar-refractivity contribution in [3.63, 3.8) is 0 Å². The number of rotatable bonds is 9. The lowest BCUT2D eigenvalue weighted by Crippen LogP contribution is -1.98. The van der Waals surface area contributed by atoms with Crippen LogP contribution in [0.15, 0.2) is 42.5 Å². The van der Waals surface area contributed by atoms with Crippen LogP contribution in [0.1, 0.15) is 63.8 Å². The second-order valence-electron chi connectivity index (χ2n) is 6.12. The Hall–Kier alpha value is -1.63. The van der Waals surface area contributed by atoms with Crippen LogP contribution < -0.4 is 0 Å². The van der Waals surface area contributed by atoms with Gasteiger partial charge in [0.2, 0.25) is 0 Å². The van der Waals surface area contributed by atoms with Gasteiger partial charge in [-0.1, -0.05) is 69.9 Å². The molecule has 0 bridgehead atoms. The van der Waals surface area contributed by atoms with E-state index in [1.54, 1.807) is 0 Å². The first-order valence-electron chi connectivity index (χ1n) is 8.88. The third kappa shape index (κ3) is 5.29. The lowest BCUT2D eigenvalue weighted by Gasteiger charge is -2.09. The number of aromatic nitrogens is 1. The highest BCUT2D eigenvalue weighted by atomic mass is 14.7. The van der Waals surface area contributed by atoms with E-state index in [2.05, 4.69) is 56.3 Å². The summed E-state index contributed by atoms with van der Waals surface area (Å²) >= 11 is 0. The highest BCUT2D eigenvalue weighted by Crippen LogP contribution is 2.22. The number of hydrogen-bond acceptors (Lipinski definition) is 1. The predicted octanol–water partition coefficient (Wildman–Crippen LogP) is 6.21. The van der Waals surface area contributed by atoms with Crippen LogP contribution in [0.25, 0.3) is 11.1 Å². The molecule has 1 aromatic carbocycles. The van der Waals surface area contributed by atoms with Gasteiger partial charge in [0.25, 0.3) is 0 Å². The van der Waals surface area contributed by atoms with Crippen molar-refractivity contribution < 1.29 is 0 Å². The number of unbranched alkanes of at least 4 members (excludes halogenated alkanes) is 4. The summed E-state index contributed by atoms with van der Waals surface area (Å²) in [5, 5.41) is 0. The first kappa shape index (κ1) is 16.7. The monoisotopic (exact) mass is 295 g/mol. The molecule has 22 heavy (non-hydrogen) atoms. The molecule has 0 N–H and O–H groups in total. The molecule has 0 aliphatic carbocycles. The molecule has 1 nitrogen and oxygen atoms in total. The van der Waals surface area contributed by atoms with Crippen LogP contribution in [0, 0.1) is 0 Å². The van der Waals surface area contributed by atoms with Gasteiger partial charge in [0.15, 0.2) is 0 Å². The molecule has 1 heteroatoms. The lowest BCUT2D eigenvalue weighted by molar-refractivity contribution is 0.688. The fraction of sp³-hybridized carbons (Fsp3) is 0.476. The molecule has 0 unspecified atom stereocenters. The summed E-state index contributed by atoms with van der Waals surface area (Å²) in [6.45, 7) is 4.51. The minimum Gasteiger partial charge on any atom is -0.258 e. The number of aryl methyl sites for hydroxylation is 2. The standard InChI is InChI=1S/C21H29N/c1-3-5-8-14-20-16-19(18-12-10-7-11-13-18)17-21(22-20)15-9-6-4-2/h7,10-13,16-17H,3-6,8-9,14-15H2,1-2H3. The normalized spacial score (nSPS) is 10.8. The number of pyridine rings is 1. The Morgan fingerprint density at radius 1 is 0.682 bits per heavy atom. The Bertz CT molecular complexity index is 517. The highest BCUT2D eigenvalue weighted by Gasteiger charge is 2.05. The maximum absolute atomic E-state index is 4.90. The Morgan fingerprint density at radius 3 is 1.73 bits per heavy atom. The molecule has 0 aliphatic rings. The van der Waals surface area contributed by atoms with Crippen LogP contribution in [-0.4, -0.2) is 4.98 Å². The molecule has 0 atom stereocenters. The molecule has 1 heterocycles. The van der Waals surface area contributed by atoms with Crippen LogP contribution in [0.5, 0.6) is 0 Å². The van der Waals surface area contributed by atoms with Gasteiger partial charge in [-0.05, 0) is 48.9 Å². The van der Waals surface area contributed by atoms with Crippen molar-refractivity contribution in [3.05, 3.63) is 53.9 Å². The van der Waals surface area contributed by atoms with Crippen LogP contribution in [0.2, 0.25) is 0 Å². The second kappa shape index (κ2) is 9.40. The van der Waals surface area contributed by atoms with Crippen molar-refractivity contribution >= 4 is 0 Å². The van der Waals surface area contributed by atoms with E-state index < -0.39 is 0 Å². The van der Waals surface area contributed by atoms with E-state index in [0.717, 1.165) is 12.8 Å². The van der Waals surface area contributed by atoms with Crippen molar-refractivity contribution in [2.75, 3.05) is 0 Å². The van der Waals surface area contributed by atoms with Crippen molar-refractivity contribution in [2.24, 2.45) is 0 Å². The fourth-order valence-corrected chi connectivity index (χ4v) is 2.82. The molecule has 0 spiro atoms. The van der Waals surface area contributed by atoms with E-state index >= 15 is 0 Å². The van der Waals surface area contributed by atoms with Crippen LogP contribution >= 0.6 is 0 Å². The van der Waals surface area contributed by atoms with Crippen molar-refractivity contribution in [2.45, 2.75) is 65.2 Å². The summed E-state index contributed by atoms with van der Waals surface area (Å²) < 4.78 is 0. The summed E-state index contributed by atoms with van der Waals surface area (Å²) in [4.78, 5) is 4.90. The number of benzene rings is 1. The van der Waals surface area contributed by atoms with E-state index in [-0.39, 0.29) is 0 Å². The molecule has 2 aromatic rings. The van der Waals surface area contributed by atoms with E-state index in [4.69, 9.17) is 4.98 Å². The molecule has 0 aliphatic heterocycles. The zero-order valence-corrected chi connectivity index (χ0v) is 14.1. The summed E-state index contributed by atoms with van der Waals surface area (Å²) in [7, 11) is 0. The van der Waals surface area contributed by atoms with Gasteiger partial charge in [-0.3, -0.25) is 4.98 Å². The van der Waals surface area contributed by atoms with Gasteiger partial charge in [-0.2, -0.15) is 0 Å². The van der Waals surface area contributed by atoms with Gasteiger partial charge in [0.05, 0.1) is 0 Å². The smallest absolute Gasteiger partial charge is 0.0413 e. The Kier molecular flexibility index (Phi) is 7.15. The molecule has 0 amide bonds. The highest BCUT2D eigenvalue weighted by molar-refractivity contribution is 5.64. The summed E-state index contributed by atoms with van der Waals surface area (Å²) in [6.07, 6.45) is 9.82. The zero-order chi connectivity index (χ0) is 15.6. The molecule has 0 saturated heterocycles. The largest absolute Gasteiger partial charge is 0.258 e. The summed E-state index contributed by atoms with van der Waals surface area (Å²) in [6, 6.07) is 15.3. The molecule has 0 radical (unpaired) electrons. The molecular formula is C21H29N. The third-order valence-corrected chi connectivity index (χ3v) is 4.11. The predicted molar refractivity (Wildman–Crippen MR) is 96.1 cm³/mol. The molecular weight excluding hydrogens is 266 g/mol. The molecule has 0 fully saturated rings. The van der Waals surface area contributed by atoms with Crippen LogP contribution in [0.4, 0.5) is 0 Å². The average Bonchev–Trinajstić information content (AvgIpc) is 2.56. The molecule has 0 saturated carbocycles. The van der Waals surface area contributed by atoms with Crippen LogP contribution in [0.3, 0.4) is 0 Å². The number of nitrogens with zero attached hydrogens (tertiary/aromatic N) is 1. The molecule has 118 valence electrons. The van der Waals surface area contributed by atoms with Crippen LogP contribution in [-0.2, 0) is 12.8 Å². The first-order valence-corrected chi connectivity index (χ1v) is 8.88. The molecule has 2 rings (SSSR count). The average molecular weight is 295 g/mol. The van der Waals surface area contributed by atoms with E-state index in [0.29, 0.717) is 0 Å². The van der Waals surface area contributed by atoms with Gasteiger partial charge >= 0.3 is 0 Å². The van der Waals surface area contributed by atoms with Gasteiger partial charge in [-0.15, -0.1) is 0 Å². The van der Waals surface area contributed by atoms with Crippen molar-refractivity contribution in [1.29, 1.82) is 0 Å².